The molecule has 3 heterocycles. The first-order valence-electron chi connectivity index (χ1n) is 6.72. The monoisotopic (exact) mass is 289 g/mol. The molecule has 1 aromatic heterocycles. The highest BCUT2D eigenvalue weighted by Gasteiger charge is 2.49. The Balaban J connectivity index is 1.66. The molecular formula is C15H15NO3S. The molecule has 20 heavy (non-hydrogen) atoms. The summed E-state index contributed by atoms with van der Waals surface area (Å²) in [6, 6.07) is 9.36. The first-order chi connectivity index (χ1) is 9.66. The number of sulfone groups is 1. The molecular weight excluding hydrogens is 274 g/mol. The maximum Gasteiger partial charge on any atom is 0.183 e. The molecule has 0 bridgehead atoms. The van der Waals surface area contributed by atoms with Crippen molar-refractivity contribution in [2.75, 3.05) is 13.1 Å². The van der Waals surface area contributed by atoms with Gasteiger partial charge in [-0.3, -0.25) is 4.90 Å². The number of benzene rings is 1. The number of hydrogen-bond acceptors (Lipinski definition) is 4. The van der Waals surface area contributed by atoms with Gasteiger partial charge in [0, 0.05) is 31.1 Å². The molecule has 1 aromatic carbocycles. The Labute approximate surface area is 117 Å². The Morgan fingerprint density at radius 2 is 2.05 bits per heavy atom. The van der Waals surface area contributed by atoms with Crippen LogP contribution in [0.1, 0.15) is 17.0 Å². The van der Waals surface area contributed by atoms with E-state index in [2.05, 4.69) is 4.90 Å². The molecule has 0 spiro atoms. The summed E-state index contributed by atoms with van der Waals surface area (Å²) in [4.78, 5) is 2.74. The van der Waals surface area contributed by atoms with Crippen LogP contribution in [0.3, 0.4) is 0 Å². The molecule has 0 saturated carbocycles. The number of hydrogen-bond donors (Lipinski definition) is 0. The summed E-state index contributed by atoms with van der Waals surface area (Å²) >= 11 is 0. The number of furan rings is 1. The summed E-state index contributed by atoms with van der Waals surface area (Å²) in [7, 11) is -3.16. The predicted octanol–water partition coefficient (Wildman–Crippen LogP) is 2.03. The van der Waals surface area contributed by atoms with Gasteiger partial charge in [0.2, 0.25) is 0 Å². The van der Waals surface area contributed by atoms with E-state index in [0.29, 0.717) is 11.4 Å². The number of likely N-dealkylation sites (tertiary alicyclic amines) is 1. The summed E-state index contributed by atoms with van der Waals surface area (Å²) in [5, 5.41) is -0.285. The van der Waals surface area contributed by atoms with Crippen molar-refractivity contribution in [3.63, 3.8) is 0 Å². The Bertz CT molecular complexity index is 736. The van der Waals surface area contributed by atoms with E-state index in [0.717, 1.165) is 24.2 Å². The second-order valence-electron chi connectivity index (χ2n) is 5.55. The topological polar surface area (TPSA) is 50.5 Å². The van der Waals surface area contributed by atoms with Gasteiger partial charge in [-0.15, -0.1) is 0 Å². The third-order valence-electron chi connectivity index (χ3n) is 4.35. The van der Waals surface area contributed by atoms with Crippen molar-refractivity contribution in [2.24, 2.45) is 0 Å². The first kappa shape index (κ1) is 12.2. The molecule has 2 aliphatic rings. The number of rotatable bonds is 2. The Hall–Kier alpha value is -1.59. The van der Waals surface area contributed by atoms with Gasteiger partial charge in [-0.1, -0.05) is 18.2 Å². The van der Waals surface area contributed by atoms with Crippen molar-refractivity contribution >= 4 is 9.84 Å². The molecule has 0 aliphatic carbocycles. The summed E-state index contributed by atoms with van der Waals surface area (Å²) in [6.07, 6.45) is 3.37. The van der Waals surface area contributed by atoms with Gasteiger partial charge in [0.1, 0.15) is 0 Å². The fraction of sp³-hybridized carbons (Fsp3) is 0.333. The van der Waals surface area contributed by atoms with E-state index in [1.54, 1.807) is 24.7 Å². The fourth-order valence-electron chi connectivity index (χ4n) is 3.44. The Morgan fingerprint density at radius 3 is 2.85 bits per heavy atom. The molecule has 2 aromatic rings. The molecule has 1 saturated heterocycles. The molecule has 4 rings (SSSR count). The van der Waals surface area contributed by atoms with Crippen molar-refractivity contribution in [3.05, 3.63) is 54.0 Å². The van der Waals surface area contributed by atoms with Crippen molar-refractivity contribution in [2.45, 2.75) is 22.6 Å². The van der Waals surface area contributed by atoms with Crippen LogP contribution >= 0.6 is 0 Å². The quantitative estimate of drug-likeness (QED) is 0.849. The normalized spacial score (nSPS) is 27.4. The second kappa shape index (κ2) is 4.20. The smallest absolute Gasteiger partial charge is 0.183 e. The van der Waals surface area contributed by atoms with Crippen molar-refractivity contribution in [1.29, 1.82) is 0 Å². The van der Waals surface area contributed by atoms with Crippen LogP contribution in [0.25, 0.3) is 0 Å². The van der Waals surface area contributed by atoms with Gasteiger partial charge in [-0.2, -0.15) is 0 Å². The lowest BCUT2D eigenvalue weighted by molar-refractivity contribution is 0.324. The third kappa shape index (κ3) is 1.66. The summed E-state index contributed by atoms with van der Waals surface area (Å²) in [6.45, 7) is 2.15. The van der Waals surface area contributed by atoms with Crippen LogP contribution in [0.15, 0.2) is 52.2 Å². The average Bonchev–Trinajstić information content (AvgIpc) is 3.12. The molecule has 0 radical (unpaired) electrons. The summed E-state index contributed by atoms with van der Waals surface area (Å²) in [5.74, 6) is 0.114. The maximum atomic E-state index is 12.6. The van der Waals surface area contributed by atoms with Gasteiger partial charge in [0.05, 0.1) is 22.7 Å². The highest BCUT2D eigenvalue weighted by Crippen LogP contribution is 2.44. The lowest BCUT2D eigenvalue weighted by atomic mass is 9.99. The third-order valence-corrected chi connectivity index (χ3v) is 6.61. The average molecular weight is 289 g/mol. The van der Waals surface area contributed by atoms with Crippen molar-refractivity contribution in [3.8, 4) is 0 Å². The SMILES string of the molecule is O=S1(=O)c2ccccc2[C@H]2CN(Cc3ccoc3)C[C@@H]21. The molecule has 1 fully saturated rings. The Morgan fingerprint density at radius 1 is 1.20 bits per heavy atom. The van der Waals surface area contributed by atoms with Crippen LogP contribution in [0.5, 0.6) is 0 Å². The molecule has 4 nitrogen and oxygen atoms in total. The first-order valence-corrected chi connectivity index (χ1v) is 8.27. The van der Waals surface area contributed by atoms with Gasteiger partial charge < -0.3 is 4.42 Å². The van der Waals surface area contributed by atoms with E-state index in [4.69, 9.17) is 4.42 Å². The van der Waals surface area contributed by atoms with E-state index >= 15 is 0 Å². The van der Waals surface area contributed by atoms with Gasteiger partial charge in [0.25, 0.3) is 0 Å². The number of nitrogens with zero attached hydrogens (tertiary/aromatic N) is 1. The molecule has 0 N–H and O–H groups in total. The van der Waals surface area contributed by atoms with Crippen LogP contribution in [0.4, 0.5) is 0 Å². The van der Waals surface area contributed by atoms with Crippen LogP contribution in [-0.4, -0.2) is 31.7 Å². The van der Waals surface area contributed by atoms with E-state index in [1.807, 2.05) is 18.2 Å². The largest absolute Gasteiger partial charge is 0.472 e. The van der Waals surface area contributed by atoms with Crippen LogP contribution < -0.4 is 0 Å². The van der Waals surface area contributed by atoms with E-state index < -0.39 is 9.84 Å². The standard InChI is InChI=1S/C15H15NO3S/c17-20(18)14-4-2-1-3-12(14)13-8-16(9-15(13)20)7-11-5-6-19-10-11/h1-6,10,13,15H,7-9H2/t13-,15+/m1/s1. The molecule has 5 heteroatoms. The molecule has 0 unspecified atom stereocenters. The van der Waals surface area contributed by atoms with Crippen molar-refractivity contribution in [1.82, 2.24) is 4.90 Å². The molecule has 2 atom stereocenters. The molecule has 104 valence electrons. The zero-order valence-corrected chi connectivity index (χ0v) is 11.7. The highest BCUT2D eigenvalue weighted by atomic mass is 32.2. The Kier molecular flexibility index (Phi) is 2.56. The second-order valence-corrected chi connectivity index (χ2v) is 7.69. The maximum absolute atomic E-state index is 12.6. The fourth-order valence-corrected chi connectivity index (χ4v) is 5.66. The van der Waals surface area contributed by atoms with Gasteiger partial charge in [-0.25, -0.2) is 8.42 Å². The van der Waals surface area contributed by atoms with Crippen LogP contribution in [0, 0.1) is 0 Å². The molecule has 0 amide bonds. The zero-order chi connectivity index (χ0) is 13.7. The minimum atomic E-state index is -3.16. The predicted molar refractivity (Wildman–Crippen MR) is 74.1 cm³/mol. The lowest BCUT2D eigenvalue weighted by Crippen LogP contribution is -2.25. The van der Waals surface area contributed by atoms with Gasteiger partial charge >= 0.3 is 0 Å². The minimum absolute atomic E-state index is 0.114. The highest BCUT2D eigenvalue weighted by molar-refractivity contribution is 7.92. The molecule has 2 aliphatic heterocycles. The van der Waals surface area contributed by atoms with Crippen molar-refractivity contribution < 1.29 is 12.8 Å². The van der Waals surface area contributed by atoms with E-state index in [-0.39, 0.29) is 11.2 Å². The zero-order valence-electron chi connectivity index (χ0n) is 10.9. The summed E-state index contributed by atoms with van der Waals surface area (Å²) in [5.41, 5.74) is 2.09. The lowest BCUT2D eigenvalue weighted by Gasteiger charge is -2.15. The number of fused-ring (bicyclic) bond motifs is 3. The van der Waals surface area contributed by atoms with Gasteiger partial charge in [0.15, 0.2) is 9.84 Å². The minimum Gasteiger partial charge on any atom is -0.472 e. The van der Waals surface area contributed by atoms with E-state index in [1.165, 1.54) is 0 Å². The van der Waals surface area contributed by atoms with Gasteiger partial charge in [-0.05, 0) is 17.7 Å². The van der Waals surface area contributed by atoms with Crippen LogP contribution in [-0.2, 0) is 16.4 Å². The van der Waals surface area contributed by atoms with E-state index in [9.17, 15) is 8.42 Å². The summed E-state index contributed by atoms with van der Waals surface area (Å²) < 4.78 is 30.2. The van der Waals surface area contributed by atoms with Crippen LogP contribution in [0.2, 0.25) is 0 Å².